The molecule has 144 valence electrons. The summed E-state index contributed by atoms with van der Waals surface area (Å²) < 4.78 is 40.0. The monoisotopic (exact) mass is 376 g/mol. The maximum Gasteiger partial charge on any atom is 0.303 e. The lowest BCUT2D eigenvalue weighted by Crippen LogP contribution is -2.25. The molecule has 1 N–H and O–H groups in total. The van der Waals surface area contributed by atoms with Gasteiger partial charge in [-0.3, -0.25) is 4.79 Å². The summed E-state index contributed by atoms with van der Waals surface area (Å²) in [6, 6.07) is 5.93. The number of ether oxygens (including phenoxy) is 2. The molecular formula is C21H22F2O4. The number of aliphatic carboxylic acids is 1. The van der Waals surface area contributed by atoms with Gasteiger partial charge in [0.05, 0.1) is 0 Å². The lowest BCUT2D eigenvalue weighted by atomic mass is 10.0. The molecule has 1 aliphatic rings. The van der Waals surface area contributed by atoms with Gasteiger partial charge in [-0.15, -0.1) is 0 Å². The number of benzene rings is 2. The molecule has 0 unspecified atom stereocenters. The molecule has 0 spiro atoms. The largest absolute Gasteiger partial charge is 0.487 e. The van der Waals surface area contributed by atoms with Gasteiger partial charge in [-0.1, -0.05) is 6.07 Å². The highest BCUT2D eigenvalue weighted by atomic mass is 19.1. The molecule has 1 heterocycles. The first-order valence-corrected chi connectivity index (χ1v) is 8.79. The molecule has 0 bridgehead atoms. The number of fused-ring (bicyclic) bond motifs is 1. The Morgan fingerprint density at radius 3 is 2.70 bits per heavy atom. The van der Waals surface area contributed by atoms with Crippen LogP contribution in [0.5, 0.6) is 11.5 Å². The molecule has 0 atom stereocenters. The van der Waals surface area contributed by atoms with Gasteiger partial charge in [0, 0.05) is 24.0 Å². The number of halogens is 2. The molecule has 0 saturated heterocycles. The minimum atomic E-state index is -0.932. The third kappa shape index (κ3) is 4.21. The Hall–Kier alpha value is -2.63. The van der Waals surface area contributed by atoms with Crippen LogP contribution in [0, 0.1) is 18.6 Å². The van der Waals surface area contributed by atoms with E-state index in [1.807, 2.05) is 13.8 Å². The Morgan fingerprint density at radius 2 is 2.00 bits per heavy atom. The third-order valence-electron chi connectivity index (χ3n) is 4.66. The summed E-state index contributed by atoms with van der Waals surface area (Å²) in [5.74, 6) is -1.21. The molecule has 2 aromatic rings. The zero-order chi connectivity index (χ0) is 19.8. The molecule has 6 heteroatoms. The predicted molar refractivity (Wildman–Crippen MR) is 96.2 cm³/mol. The molecule has 0 radical (unpaired) electrons. The van der Waals surface area contributed by atoms with Gasteiger partial charge in [0.2, 0.25) is 0 Å². The van der Waals surface area contributed by atoms with E-state index < -0.39 is 17.4 Å². The number of carbonyl (C=O) groups is 1. The highest BCUT2D eigenvalue weighted by molar-refractivity contribution is 5.67. The van der Waals surface area contributed by atoms with Crippen molar-refractivity contribution in [2.45, 2.75) is 52.2 Å². The summed E-state index contributed by atoms with van der Waals surface area (Å²) in [5, 5.41) is 8.78. The van der Waals surface area contributed by atoms with E-state index in [0.29, 0.717) is 28.9 Å². The second-order valence-corrected chi connectivity index (χ2v) is 7.44. The first kappa shape index (κ1) is 19.1. The topological polar surface area (TPSA) is 55.8 Å². The van der Waals surface area contributed by atoms with Crippen molar-refractivity contribution in [1.82, 2.24) is 0 Å². The van der Waals surface area contributed by atoms with Crippen molar-refractivity contribution < 1.29 is 28.2 Å². The smallest absolute Gasteiger partial charge is 0.303 e. The Morgan fingerprint density at radius 1 is 1.26 bits per heavy atom. The highest BCUT2D eigenvalue weighted by Gasteiger charge is 2.32. The standard InChI is InChI=1S/C21H22F2O4/c1-12-13(5-7-18(24)25)4-6-17(19(12)23)26-11-15-9-16(22)8-14-10-21(2,3)27-20(14)15/h4,6,8-9H,5,7,10-11H2,1-3H3,(H,24,25). The van der Waals surface area contributed by atoms with Crippen LogP contribution in [0.25, 0.3) is 0 Å². The molecule has 1 aliphatic heterocycles. The van der Waals surface area contributed by atoms with Gasteiger partial charge >= 0.3 is 5.97 Å². The van der Waals surface area contributed by atoms with Crippen molar-refractivity contribution in [3.63, 3.8) is 0 Å². The average molecular weight is 376 g/mol. The number of hydrogen-bond acceptors (Lipinski definition) is 3. The van der Waals surface area contributed by atoms with Gasteiger partial charge < -0.3 is 14.6 Å². The summed E-state index contributed by atoms with van der Waals surface area (Å²) >= 11 is 0. The zero-order valence-electron chi connectivity index (χ0n) is 15.6. The van der Waals surface area contributed by atoms with Crippen LogP contribution < -0.4 is 9.47 Å². The van der Waals surface area contributed by atoms with Crippen molar-refractivity contribution >= 4 is 5.97 Å². The van der Waals surface area contributed by atoms with E-state index in [1.54, 1.807) is 13.0 Å². The summed E-state index contributed by atoms with van der Waals surface area (Å²) in [7, 11) is 0. The molecule has 3 rings (SSSR count). The van der Waals surface area contributed by atoms with Crippen LogP contribution in [-0.4, -0.2) is 16.7 Å². The van der Waals surface area contributed by atoms with E-state index in [-0.39, 0.29) is 31.0 Å². The molecule has 0 aliphatic carbocycles. The maximum absolute atomic E-state index is 14.6. The lowest BCUT2D eigenvalue weighted by Gasteiger charge is -2.18. The van der Waals surface area contributed by atoms with Crippen molar-refractivity contribution in [2.24, 2.45) is 0 Å². The van der Waals surface area contributed by atoms with E-state index >= 15 is 0 Å². The van der Waals surface area contributed by atoms with E-state index in [9.17, 15) is 13.6 Å². The lowest BCUT2D eigenvalue weighted by molar-refractivity contribution is -0.136. The first-order chi connectivity index (χ1) is 12.7. The number of carboxylic acids is 1. The first-order valence-electron chi connectivity index (χ1n) is 8.79. The van der Waals surface area contributed by atoms with Gasteiger partial charge in [0.1, 0.15) is 23.8 Å². The Bertz CT molecular complexity index is 890. The van der Waals surface area contributed by atoms with Gasteiger partial charge in [0.15, 0.2) is 11.6 Å². The van der Waals surface area contributed by atoms with Crippen LogP contribution >= 0.6 is 0 Å². The number of carboxylic acid groups (broad SMARTS) is 1. The van der Waals surface area contributed by atoms with Crippen LogP contribution in [0.2, 0.25) is 0 Å². The number of aryl methyl sites for hydroxylation is 1. The molecule has 27 heavy (non-hydrogen) atoms. The molecule has 0 saturated carbocycles. The van der Waals surface area contributed by atoms with Crippen LogP contribution in [0.1, 0.15) is 42.5 Å². The fraction of sp³-hybridized carbons (Fsp3) is 0.381. The minimum Gasteiger partial charge on any atom is -0.487 e. The van der Waals surface area contributed by atoms with E-state index in [4.69, 9.17) is 14.6 Å². The number of hydrogen-bond donors (Lipinski definition) is 1. The minimum absolute atomic E-state index is 0.0268. The van der Waals surface area contributed by atoms with Crippen molar-refractivity contribution in [1.29, 1.82) is 0 Å². The molecule has 0 amide bonds. The second kappa shape index (κ2) is 7.18. The van der Waals surface area contributed by atoms with Crippen molar-refractivity contribution in [3.8, 4) is 11.5 Å². The summed E-state index contributed by atoms with van der Waals surface area (Å²) in [6.07, 6.45) is 0.778. The summed E-state index contributed by atoms with van der Waals surface area (Å²) in [6.45, 7) is 5.41. The Labute approximate surface area is 156 Å². The van der Waals surface area contributed by atoms with Crippen LogP contribution in [-0.2, 0) is 24.2 Å². The summed E-state index contributed by atoms with van der Waals surface area (Å²) in [4.78, 5) is 10.7. The van der Waals surface area contributed by atoms with Crippen LogP contribution in [0.4, 0.5) is 8.78 Å². The normalized spacial score (nSPS) is 14.6. The van der Waals surface area contributed by atoms with Crippen LogP contribution in [0.15, 0.2) is 24.3 Å². The number of rotatable bonds is 6. The van der Waals surface area contributed by atoms with Crippen molar-refractivity contribution in [3.05, 3.63) is 58.2 Å². The molecule has 2 aromatic carbocycles. The van der Waals surface area contributed by atoms with Gasteiger partial charge in [-0.05, 0) is 56.5 Å². The van der Waals surface area contributed by atoms with Gasteiger partial charge in [0.25, 0.3) is 0 Å². The van der Waals surface area contributed by atoms with Gasteiger partial charge in [-0.25, -0.2) is 8.78 Å². The van der Waals surface area contributed by atoms with E-state index in [1.165, 1.54) is 18.2 Å². The second-order valence-electron chi connectivity index (χ2n) is 7.44. The summed E-state index contributed by atoms with van der Waals surface area (Å²) in [5.41, 5.74) is 1.87. The predicted octanol–water partition coefficient (Wildman–Crippen LogP) is 4.58. The van der Waals surface area contributed by atoms with Crippen LogP contribution in [0.3, 0.4) is 0 Å². The fourth-order valence-corrected chi connectivity index (χ4v) is 3.33. The molecule has 0 fully saturated rings. The fourth-order valence-electron chi connectivity index (χ4n) is 3.33. The molecule has 0 aromatic heterocycles. The SMILES string of the molecule is Cc1c(CCC(=O)O)ccc(OCc2cc(F)cc3c2OC(C)(C)C3)c1F. The zero-order valence-corrected chi connectivity index (χ0v) is 15.6. The van der Waals surface area contributed by atoms with Crippen molar-refractivity contribution in [2.75, 3.05) is 0 Å². The molecular weight excluding hydrogens is 354 g/mol. The quantitative estimate of drug-likeness (QED) is 0.802. The van der Waals surface area contributed by atoms with E-state index in [2.05, 4.69) is 0 Å². The van der Waals surface area contributed by atoms with E-state index in [0.717, 1.165) is 5.56 Å². The Kier molecular flexibility index (Phi) is 5.09. The maximum atomic E-state index is 14.6. The Balaban J connectivity index is 1.79. The average Bonchev–Trinajstić information content (AvgIpc) is 2.88. The molecule has 4 nitrogen and oxygen atoms in total. The van der Waals surface area contributed by atoms with Gasteiger partial charge in [-0.2, -0.15) is 0 Å². The third-order valence-corrected chi connectivity index (χ3v) is 4.66. The highest BCUT2D eigenvalue weighted by Crippen LogP contribution is 2.39.